The van der Waals surface area contributed by atoms with E-state index in [4.69, 9.17) is 5.73 Å². The van der Waals surface area contributed by atoms with Gasteiger partial charge in [-0.2, -0.15) is 4.98 Å². The summed E-state index contributed by atoms with van der Waals surface area (Å²) < 4.78 is 0. The van der Waals surface area contributed by atoms with Crippen LogP contribution in [-0.4, -0.2) is 119 Å². The second-order valence-corrected chi connectivity index (χ2v) is 14.3. The predicted octanol–water partition coefficient (Wildman–Crippen LogP) is -0.457. The standard InChI is InChI=1S/C39H40N12O11/c1-18-10-20-11-22(6-7-25(20)43-18)44-29(53)12-24-17-51(24)37(60)26(8-9-52)47-35(58)27(14-31(55)56)46-30(54)13-28(38(61)62)48-34(57)19-2-4-21(5-3-19)41-15-23-16-42-33-32(45-23)36(59)50-39(40)49-33/h2-7,9-11,16,24,26-28,41,43H,8,12-15,17H2,1H3,(H,44,53)(H,46,54)(H,47,58)(H,48,57)(H,55,56)(H,61,62)(H3,40,42,49,50,59)/t24?,26-,27-,28-,51?/m0/s1. The zero-order valence-electron chi connectivity index (χ0n) is 32.8. The van der Waals surface area contributed by atoms with Gasteiger partial charge in [0.2, 0.25) is 29.6 Å². The first-order valence-electron chi connectivity index (χ1n) is 18.9. The molecule has 4 heterocycles. The lowest BCUT2D eigenvalue weighted by Gasteiger charge is -2.22. The highest BCUT2D eigenvalue weighted by molar-refractivity contribution is 6.00. The summed E-state index contributed by atoms with van der Waals surface area (Å²) in [4.78, 5) is 132. The Labute approximate surface area is 349 Å². The number of hydrogen-bond acceptors (Lipinski definition) is 14. The van der Waals surface area contributed by atoms with Crippen LogP contribution in [0.1, 0.15) is 47.4 Å². The van der Waals surface area contributed by atoms with Crippen LogP contribution in [0.5, 0.6) is 0 Å². The molecule has 6 rings (SSSR count). The number of carboxylic acids is 2. The summed E-state index contributed by atoms with van der Waals surface area (Å²) in [5.41, 5.74) is 8.32. The van der Waals surface area contributed by atoms with E-state index in [2.05, 4.69) is 51.5 Å². The highest BCUT2D eigenvalue weighted by atomic mass is 16.4. The van der Waals surface area contributed by atoms with Crippen molar-refractivity contribution < 1.29 is 48.6 Å². The average molecular weight is 853 g/mol. The van der Waals surface area contributed by atoms with E-state index in [-0.39, 0.29) is 48.1 Å². The van der Waals surface area contributed by atoms with E-state index in [9.17, 15) is 53.4 Å². The zero-order valence-corrected chi connectivity index (χ0v) is 32.8. The number of aromatic amines is 2. The topological polar surface area (TPSA) is 354 Å². The number of aromatic nitrogens is 5. The second-order valence-electron chi connectivity index (χ2n) is 14.3. The van der Waals surface area contributed by atoms with E-state index < -0.39 is 84.6 Å². The van der Waals surface area contributed by atoms with Crippen LogP contribution in [0.3, 0.4) is 0 Å². The molecule has 1 saturated heterocycles. The number of carboxylic acid groups (broad SMARTS) is 2. The first kappa shape index (κ1) is 43.3. The van der Waals surface area contributed by atoms with Crippen LogP contribution < -0.4 is 37.9 Å². The SMILES string of the molecule is Cc1cc2cc(NC(=O)CC3CN3C(=O)[C@H](CC=O)NC(=O)[C@H](CC(=O)O)NC(=O)C[C@H](NC(=O)c3ccc(NCc4cnc5nc(N)[nH]c(=O)c5n4)cc3)C(=O)O)ccc2[nH]1. The molecule has 0 aliphatic carbocycles. The van der Waals surface area contributed by atoms with Crippen LogP contribution in [0.25, 0.3) is 22.1 Å². The molecule has 1 aliphatic heterocycles. The highest BCUT2D eigenvalue weighted by Gasteiger charge is 2.43. The largest absolute Gasteiger partial charge is 0.481 e. The van der Waals surface area contributed by atoms with Gasteiger partial charge >= 0.3 is 11.9 Å². The number of nitrogens with one attached hydrogen (secondary N) is 7. The second kappa shape index (κ2) is 18.8. The van der Waals surface area contributed by atoms with E-state index in [0.717, 1.165) is 16.6 Å². The summed E-state index contributed by atoms with van der Waals surface area (Å²) in [5.74, 6) is -7.51. The molecule has 3 aromatic heterocycles. The number of H-pyrrole nitrogens is 2. The first-order valence-corrected chi connectivity index (χ1v) is 18.9. The van der Waals surface area contributed by atoms with Gasteiger partial charge in [-0.1, -0.05) is 0 Å². The predicted molar refractivity (Wildman–Crippen MR) is 218 cm³/mol. The number of carbonyl (C=O) groups is 8. The third-order valence-electron chi connectivity index (χ3n) is 9.53. The number of carbonyl (C=O) groups excluding carboxylic acids is 6. The minimum atomic E-state index is -1.82. The number of amides is 5. The maximum Gasteiger partial charge on any atom is 0.326 e. The van der Waals surface area contributed by atoms with Crippen LogP contribution in [-0.2, 0) is 40.1 Å². The number of hydrogen-bond donors (Lipinski definition) is 10. The molecule has 0 saturated carbocycles. The number of nitrogens with zero attached hydrogens (tertiary/aromatic N) is 4. The van der Waals surface area contributed by atoms with Crippen LogP contribution in [0, 0.1) is 6.92 Å². The molecule has 0 radical (unpaired) electrons. The molecule has 2 aromatic carbocycles. The molecule has 62 heavy (non-hydrogen) atoms. The molecule has 11 N–H and O–H groups in total. The molecule has 0 bridgehead atoms. The van der Waals surface area contributed by atoms with Crippen molar-refractivity contribution in [2.45, 2.75) is 63.3 Å². The van der Waals surface area contributed by atoms with Crippen molar-refractivity contribution in [2.24, 2.45) is 0 Å². The van der Waals surface area contributed by atoms with Crippen molar-refractivity contribution in [2.75, 3.05) is 22.9 Å². The Morgan fingerprint density at radius 3 is 2.35 bits per heavy atom. The molecule has 1 fully saturated rings. The third-order valence-corrected chi connectivity index (χ3v) is 9.53. The lowest BCUT2D eigenvalue weighted by atomic mass is 10.1. The van der Waals surface area contributed by atoms with Gasteiger partial charge in [0, 0.05) is 52.9 Å². The van der Waals surface area contributed by atoms with Gasteiger partial charge in [-0.25, -0.2) is 14.8 Å². The molecule has 23 heteroatoms. The Hall–Kier alpha value is -8.24. The molecular weight excluding hydrogens is 813 g/mol. The highest BCUT2D eigenvalue weighted by Crippen LogP contribution is 2.25. The number of aldehydes is 1. The Kier molecular flexibility index (Phi) is 13.1. The maximum absolute atomic E-state index is 13.3. The minimum absolute atomic E-state index is 0.00995. The van der Waals surface area contributed by atoms with Crippen LogP contribution in [0.2, 0.25) is 0 Å². The van der Waals surface area contributed by atoms with Gasteiger partial charge in [-0.05, 0) is 55.5 Å². The van der Waals surface area contributed by atoms with Crippen molar-refractivity contribution in [1.29, 1.82) is 0 Å². The van der Waals surface area contributed by atoms with Gasteiger partial charge in [0.15, 0.2) is 11.2 Å². The summed E-state index contributed by atoms with van der Waals surface area (Å²) >= 11 is 0. The molecule has 1 unspecified atom stereocenters. The fraction of sp³-hybridized carbons (Fsp3) is 0.282. The fourth-order valence-electron chi connectivity index (χ4n) is 6.45. The van der Waals surface area contributed by atoms with E-state index in [1.165, 1.54) is 35.4 Å². The van der Waals surface area contributed by atoms with E-state index >= 15 is 0 Å². The number of aryl methyl sites for hydroxylation is 1. The smallest absolute Gasteiger partial charge is 0.326 e. The van der Waals surface area contributed by atoms with Gasteiger partial charge < -0.3 is 57.2 Å². The van der Waals surface area contributed by atoms with Gasteiger partial charge in [0.05, 0.1) is 37.3 Å². The van der Waals surface area contributed by atoms with Crippen molar-refractivity contribution in [3.63, 3.8) is 0 Å². The minimum Gasteiger partial charge on any atom is -0.481 e. The van der Waals surface area contributed by atoms with Crippen molar-refractivity contribution >= 4 is 87.2 Å². The lowest BCUT2D eigenvalue weighted by Crippen LogP contribution is -2.54. The molecule has 1 aliphatic rings. The number of benzene rings is 2. The van der Waals surface area contributed by atoms with Crippen molar-refractivity contribution in [1.82, 2.24) is 45.8 Å². The number of rotatable bonds is 19. The maximum atomic E-state index is 13.3. The zero-order chi connectivity index (χ0) is 44.7. The number of aliphatic carboxylic acids is 2. The van der Waals surface area contributed by atoms with Crippen LogP contribution >= 0.6 is 0 Å². The summed E-state index contributed by atoms with van der Waals surface area (Å²) in [6.07, 6.45) is -0.736. The molecule has 23 nitrogen and oxygen atoms in total. The first-order chi connectivity index (χ1) is 29.6. The average Bonchev–Trinajstić information content (AvgIpc) is 3.87. The fourth-order valence-corrected chi connectivity index (χ4v) is 6.45. The molecule has 5 aromatic rings. The van der Waals surface area contributed by atoms with Gasteiger partial charge in [-0.3, -0.25) is 38.5 Å². The number of fused-ring (bicyclic) bond motifs is 2. The monoisotopic (exact) mass is 852 g/mol. The van der Waals surface area contributed by atoms with E-state index in [1.807, 2.05) is 19.1 Å². The Balaban J connectivity index is 0.996. The molecular formula is C39H40N12O11. The molecule has 0 spiro atoms. The Morgan fingerprint density at radius 2 is 1.65 bits per heavy atom. The summed E-state index contributed by atoms with van der Waals surface area (Å²) in [6.45, 7) is 2.17. The summed E-state index contributed by atoms with van der Waals surface area (Å²) in [6, 6.07) is 7.34. The normalized spacial score (nSPS) is 14.5. The number of nitrogen functional groups attached to an aromatic ring is 1. The quantitative estimate of drug-likeness (QED) is 0.0371. The summed E-state index contributed by atoms with van der Waals surface area (Å²) in [5, 5.41) is 32.6. The number of anilines is 3. The van der Waals surface area contributed by atoms with Gasteiger partial charge in [-0.15, -0.1) is 0 Å². The summed E-state index contributed by atoms with van der Waals surface area (Å²) in [7, 11) is 0. The number of nitrogens with two attached hydrogens (primary N) is 1. The van der Waals surface area contributed by atoms with E-state index in [0.29, 0.717) is 23.4 Å². The van der Waals surface area contributed by atoms with E-state index in [1.54, 1.807) is 12.1 Å². The Morgan fingerprint density at radius 1 is 0.903 bits per heavy atom. The third kappa shape index (κ3) is 11.1. The van der Waals surface area contributed by atoms with Crippen molar-refractivity contribution in [3.05, 3.63) is 82.0 Å². The molecule has 4 atom stereocenters. The Bertz CT molecular complexity index is 2650. The molecule has 5 amide bonds. The van der Waals surface area contributed by atoms with Gasteiger partial charge in [0.1, 0.15) is 24.4 Å². The van der Waals surface area contributed by atoms with Crippen LogP contribution in [0.4, 0.5) is 17.3 Å². The van der Waals surface area contributed by atoms with Gasteiger partial charge in [0.25, 0.3) is 11.5 Å². The van der Waals surface area contributed by atoms with Crippen molar-refractivity contribution in [3.8, 4) is 0 Å². The van der Waals surface area contributed by atoms with Crippen LogP contribution in [0.15, 0.2) is 59.5 Å². The lowest BCUT2D eigenvalue weighted by molar-refractivity contribution is -0.143. The molecule has 322 valence electrons.